The van der Waals surface area contributed by atoms with Crippen LogP contribution in [0.15, 0.2) is 142 Å². The molecule has 214 valence electrons. The van der Waals surface area contributed by atoms with Gasteiger partial charge in [0.05, 0.1) is 13.2 Å². The molecular weight excluding hydrogens is 534 g/mol. The second kappa shape index (κ2) is 14.5. The molecule has 0 radical (unpaired) electrons. The number of methoxy groups -OCH3 is 1. The van der Waals surface area contributed by atoms with Gasteiger partial charge >= 0.3 is 0 Å². The van der Waals surface area contributed by atoms with Crippen molar-refractivity contribution in [1.29, 1.82) is 0 Å². The van der Waals surface area contributed by atoms with Gasteiger partial charge in [0.15, 0.2) is 11.7 Å². The van der Waals surface area contributed by atoms with Crippen molar-refractivity contribution in [1.82, 2.24) is 0 Å². The molecule has 1 N–H and O–H groups in total. The van der Waals surface area contributed by atoms with E-state index in [4.69, 9.17) is 19.5 Å². The second-order valence-electron chi connectivity index (χ2n) is 9.75. The maximum atomic E-state index is 10.7. The number of aliphatic imine (C=N–C) groups is 3. The molecule has 5 aromatic rings. The first-order valence-electron chi connectivity index (χ1n) is 14.0. The van der Waals surface area contributed by atoms with E-state index in [-0.39, 0.29) is 12.3 Å². The number of rotatable bonds is 10. The molecule has 0 aliphatic rings. The van der Waals surface area contributed by atoms with Gasteiger partial charge in [-0.3, -0.25) is 4.99 Å². The lowest BCUT2D eigenvalue weighted by molar-refractivity contribution is 0.146. The Morgan fingerprint density at radius 1 is 0.651 bits per heavy atom. The van der Waals surface area contributed by atoms with Crippen LogP contribution >= 0.6 is 0 Å². The zero-order valence-electron chi connectivity index (χ0n) is 24.1. The molecule has 6 nitrogen and oxygen atoms in total. The molecular formula is C37H33N3O3. The lowest BCUT2D eigenvalue weighted by atomic mass is 10.0. The van der Waals surface area contributed by atoms with Crippen LogP contribution in [0.4, 0.5) is 0 Å². The van der Waals surface area contributed by atoms with E-state index in [0.29, 0.717) is 36.2 Å². The molecule has 0 aromatic heterocycles. The van der Waals surface area contributed by atoms with Gasteiger partial charge in [-0.15, -0.1) is 0 Å². The number of hydrogen-bond donors (Lipinski definition) is 1. The first kappa shape index (κ1) is 29.2. The van der Waals surface area contributed by atoms with Crippen LogP contribution in [0.3, 0.4) is 0 Å². The van der Waals surface area contributed by atoms with Gasteiger partial charge in [-0.05, 0) is 41.1 Å². The van der Waals surface area contributed by atoms with Crippen molar-refractivity contribution in [2.75, 3.05) is 20.3 Å². The fourth-order valence-electron chi connectivity index (χ4n) is 4.54. The zero-order valence-corrected chi connectivity index (χ0v) is 24.1. The minimum absolute atomic E-state index is 0.0972. The van der Waals surface area contributed by atoms with Crippen molar-refractivity contribution in [3.63, 3.8) is 0 Å². The number of aromatic hydroxyl groups is 1. The summed E-state index contributed by atoms with van der Waals surface area (Å²) in [6.45, 7) is 4.86. The molecule has 5 aromatic carbocycles. The summed E-state index contributed by atoms with van der Waals surface area (Å²) in [7, 11) is 1.62. The maximum Gasteiger partial charge on any atom is 0.161 e. The molecule has 0 amide bonds. The van der Waals surface area contributed by atoms with Crippen molar-refractivity contribution in [3.05, 3.63) is 144 Å². The first-order valence-corrected chi connectivity index (χ1v) is 14.0. The molecule has 0 atom stereocenters. The van der Waals surface area contributed by atoms with Crippen molar-refractivity contribution < 1.29 is 14.6 Å². The van der Waals surface area contributed by atoms with Crippen LogP contribution in [-0.2, 0) is 11.3 Å². The lowest BCUT2D eigenvalue weighted by Crippen LogP contribution is -2.06. The average Bonchev–Trinajstić information content (AvgIpc) is 3.07. The van der Waals surface area contributed by atoms with Gasteiger partial charge in [-0.1, -0.05) is 109 Å². The Morgan fingerprint density at radius 2 is 1.19 bits per heavy atom. The number of amidine groups is 2. The minimum atomic E-state index is 0.0972. The van der Waals surface area contributed by atoms with Gasteiger partial charge in [0, 0.05) is 29.9 Å². The highest BCUT2D eigenvalue weighted by Gasteiger charge is 2.10. The predicted molar refractivity (Wildman–Crippen MR) is 176 cm³/mol. The number of nitrogens with zero attached hydrogens (tertiary/aromatic N) is 3. The molecule has 0 saturated carbocycles. The maximum absolute atomic E-state index is 10.7. The predicted octanol–water partition coefficient (Wildman–Crippen LogP) is 7.85. The molecule has 5 rings (SSSR count). The van der Waals surface area contributed by atoms with Crippen LogP contribution in [0.2, 0.25) is 0 Å². The number of phenolic OH excluding ortho intramolecular Hbond substituents is 1. The molecule has 6 heteroatoms. The Labute approximate surface area is 252 Å². The largest absolute Gasteiger partial charge is 0.507 e. The highest BCUT2D eigenvalue weighted by molar-refractivity contribution is 6.12. The van der Waals surface area contributed by atoms with Gasteiger partial charge in [-0.2, -0.15) is 0 Å². The third kappa shape index (κ3) is 7.70. The van der Waals surface area contributed by atoms with Crippen LogP contribution in [-0.4, -0.2) is 43.8 Å². The molecule has 0 aliphatic carbocycles. The summed E-state index contributed by atoms with van der Waals surface area (Å²) in [5.41, 5.74) is 6.74. The Hall–Kier alpha value is -5.33. The lowest BCUT2D eigenvalue weighted by Gasteiger charge is -2.10. The number of ether oxygens (including phenoxy) is 2. The molecule has 0 spiro atoms. The summed E-state index contributed by atoms with van der Waals surface area (Å²) in [6.07, 6.45) is 0. The van der Waals surface area contributed by atoms with E-state index in [2.05, 4.69) is 48.1 Å². The Bertz CT molecular complexity index is 1700. The van der Waals surface area contributed by atoms with Crippen LogP contribution in [0, 0.1) is 0 Å². The quantitative estimate of drug-likeness (QED) is 0.106. The molecule has 0 unspecified atom stereocenters. The summed E-state index contributed by atoms with van der Waals surface area (Å²) in [5.74, 6) is 1.60. The van der Waals surface area contributed by atoms with Crippen LogP contribution < -0.4 is 4.74 Å². The Balaban J connectivity index is 1.46. The molecule has 43 heavy (non-hydrogen) atoms. The fourth-order valence-corrected chi connectivity index (χ4v) is 4.54. The molecule has 0 bridgehead atoms. The highest BCUT2D eigenvalue weighted by atomic mass is 16.5. The standard InChI is InChI=1S/C37H33N3O3/c1-38-36(31-17-13-29(14-18-31)27-9-5-3-6-10-27)40-37(32-19-15-30(16-20-32)28-11-7-4-8-12-28)39-26-33-21-22-34(25-35(33)41)43-24-23-42-2/h3-22,25,41H,1,23-24,26H2,2H3. The van der Waals surface area contributed by atoms with Crippen molar-refractivity contribution in [2.45, 2.75) is 6.54 Å². The van der Waals surface area contributed by atoms with Crippen molar-refractivity contribution in [2.24, 2.45) is 15.0 Å². The third-order valence-corrected chi connectivity index (χ3v) is 6.87. The van der Waals surface area contributed by atoms with E-state index in [1.54, 1.807) is 19.2 Å². The van der Waals surface area contributed by atoms with E-state index in [9.17, 15) is 5.11 Å². The average molecular weight is 568 g/mol. The SMILES string of the molecule is C=NC(=NC(=NCc1ccc(OCCOC)cc1O)c1ccc(-c2ccccc2)cc1)c1ccc(-c2ccccc2)cc1. The van der Waals surface area contributed by atoms with Gasteiger partial charge in [0.2, 0.25) is 0 Å². The van der Waals surface area contributed by atoms with E-state index < -0.39 is 0 Å². The van der Waals surface area contributed by atoms with Gasteiger partial charge in [-0.25, -0.2) is 9.98 Å². The highest BCUT2D eigenvalue weighted by Crippen LogP contribution is 2.26. The summed E-state index contributed by atoms with van der Waals surface area (Å²) < 4.78 is 10.6. The minimum Gasteiger partial charge on any atom is -0.507 e. The van der Waals surface area contributed by atoms with E-state index in [1.165, 1.54) is 0 Å². The fraction of sp³-hybridized carbons (Fsp3) is 0.108. The topological polar surface area (TPSA) is 75.8 Å². The van der Waals surface area contributed by atoms with E-state index >= 15 is 0 Å². The zero-order chi connectivity index (χ0) is 29.9. The number of benzene rings is 5. The van der Waals surface area contributed by atoms with Crippen molar-refractivity contribution >= 4 is 18.4 Å². The van der Waals surface area contributed by atoms with Crippen molar-refractivity contribution in [3.8, 4) is 33.8 Å². The number of phenols is 1. The summed E-state index contributed by atoms with van der Waals surface area (Å²) in [6, 6.07) is 41.7. The summed E-state index contributed by atoms with van der Waals surface area (Å²) in [5, 5.41) is 10.7. The van der Waals surface area contributed by atoms with E-state index in [0.717, 1.165) is 33.4 Å². The Kier molecular flexibility index (Phi) is 9.86. The van der Waals surface area contributed by atoms with Crippen LogP contribution in [0.1, 0.15) is 16.7 Å². The molecule has 0 saturated heterocycles. The molecule has 0 heterocycles. The smallest absolute Gasteiger partial charge is 0.161 e. The van der Waals surface area contributed by atoms with Gasteiger partial charge in [0.1, 0.15) is 18.1 Å². The Morgan fingerprint density at radius 3 is 1.70 bits per heavy atom. The normalized spacial score (nSPS) is 11.7. The third-order valence-electron chi connectivity index (χ3n) is 6.87. The first-order chi connectivity index (χ1) is 21.1. The van der Waals surface area contributed by atoms with Crippen LogP contribution in [0.5, 0.6) is 11.5 Å². The second-order valence-corrected chi connectivity index (χ2v) is 9.75. The molecule has 0 fully saturated rings. The van der Waals surface area contributed by atoms with Crippen LogP contribution in [0.25, 0.3) is 22.3 Å². The monoisotopic (exact) mass is 567 g/mol. The van der Waals surface area contributed by atoms with Gasteiger partial charge < -0.3 is 14.6 Å². The summed E-state index contributed by atoms with van der Waals surface area (Å²) in [4.78, 5) is 14.0. The number of hydrogen-bond acceptors (Lipinski definition) is 4. The summed E-state index contributed by atoms with van der Waals surface area (Å²) >= 11 is 0. The van der Waals surface area contributed by atoms with Gasteiger partial charge in [0.25, 0.3) is 0 Å². The van der Waals surface area contributed by atoms with E-state index in [1.807, 2.05) is 78.9 Å². The molecule has 0 aliphatic heterocycles.